The van der Waals surface area contributed by atoms with Crippen molar-refractivity contribution in [3.05, 3.63) is 79.9 Å². The summed E-state index contributed by atoms with van der Waals surface area (Å²) in [5.74, 6) is -0.851. The summed E-state index contributed by atoms with van der Waals surface area (Å²) in [5.41, 5.74) is 3.35. The van der Waals surface area contributed by atoms with Crippen LogP contribution in [0.3, 0.4) is 0 Å². The fourth-order valence-electron chi connectivity index (χ4n) is 2.97. The Balaban J connectivity index is 2.15. The molecule has 0 saturated heterocycles. The molecule has 1 heterocycles. The van der Waals surface area contributed by atoms with Crippen molar-refractivity contribution in [3.8, 4) is 0 Å². The molecule has 3 rings (SSSR count). The minimum Gasteiger partial charge on any atom is -0.465 e. The molecule has 0 radical (unpaired) electrons. The van der Waals surface area contributed by atoms with E-state index in [1.807, 2.05) is 37.3 Å². The molecular formula is C21H17BrClNO3. The number of nitrogens with zero attached hydrogens (tertiary/aromatic N) is 1. The van der Waals surface area contributed by atoms with Crippen molar-refractivity contribution in [2.75, 3.05) is 12.0 Å². The van der Waals surface area contributed by atoms with E-state index in [2.05, 4.69) is 15.9 Å². The quantitative estimate of drug-likeness (QED) is 0.475. The molecule has 0 N–H and O–H groups in total. The van der Waals surface area contributed by atoms with Crippen LogP contribution < -0.4 is 4.90 Å². The molecule has 0 bridgehead atoms. The lowest BCUT2D eigenvalue weighted by Gasteiger charge is -2.18. The maximum Gasteiger partial charge on any atom is 0.340 e. The smallest absolute Gasteiger partial charge is 0.340 e. The predicted octanol–water partition coefficient (Wildman–Crippen LogP) is 5.29. The molecule has 2 aromatic carbocycles. The van der Waals surface area contributed by atoms with Gasteiger partial charge in [-0.25, -0.2) is 4.79 Å². The molecule has 0 aliphatic carbocycles. The lowest BCUT2D eigenvalue weighted by molar-refractivity contribution is -0.136. The average Bonchev–Trinajstić information content (AvgIpc) is 2.87. The van der Waals surface area contributed by atoms with E-state index in [4.69, 9.17) is 16.3 Å². The number of carbonyl (C=O) groups excluding carboxylic acids is 2. The van der Waals surface area contributed by atoms with E-state index in [0.29, 0.717) is 16.4 Å². The fourth-order valence-corrected chi connectivity index (χ4v) is 3.57. The lowest BCUT2D eigenvalue weighted by atomic mass is 10.0. The summed E-state index contributed by atoms with van der Waals surface area (Å²) in [7, 11) is 1.30. The highest BCUT2D eigenvalue weighted by Crippen LogP contribution is 2.36. The number of hydrogen-bond acceptors (Lipinski definition) is 3. The fraction of sp³-hybridized carbons (Fsp3) is 0.143. The van der Waals surface area contributed by atoms with E-state index >= 15 is 0 Å². The minimum atomic E-state index is -0.553. The molecule has 0 aromatic heterocycles. The van der Waals surface area contributed by atoms with Gasteiger partial charge in [0.05, 0.1) is 23.9 Å². The molecule has 6 heteroatoms. The Kier molecular flexibility index (Phi) is 5.53. The summed E-state index contributed by atoms with van der Waals surface area (Å²) in [4.78, 5) is 27.1. The van der Waals surface area contributed by atoms with Gasteiger partial charge in [-0.2, -0.15) is 0 Å². The third kappa shape index (κ3) is 3.70. The molecule has 0 fully saturated rings. The molecule has 0 saturated carbocycles. The summed E-state index contributed by atoms with van der Waals surface area (Å²) >= 11 is 9.65. The van der Waals surface area contributed by atoms with Crippen molar-refractivity contribution in [2.24, 2.45) is 0 Å². The zero-order valence-corrected chi connectivity index (χ0v) is 17.4. The maximum absolute atomic E-state index is 13.2. The van der Waals surface area contributed by atoms with E-state index in [1.54, 1.807) is 25.1 Å². The van der Waals surface area contributed by atoms with Gasteiger partial charge in [0, 0.05) is 15.2 Å². The number of aryl methyl sites for hydroxylation is 1. The van der Waals surface area contributed by atoms with E-state index in [0.717, 1.165) is 15.6 Å². The molecular weight excluding hydrogens is 430 g/mol. The summed E-state index contributed by atoms with van der Waals surface area (Å²) in [6.07, 6.45) is 1.69. The van der Waals surface area contributed by atoms with E-state index in [-0.39, 0.29) is 17.1 Å². The molecule has 2 aromatic rings. The van der Waals surface area contributed by atoms with Gasteiger partial charge in [0.2, 0.25) is 0 Å². The number of allylic oxidation sites excluding steroid dienone is 1. The molecule has 1 aliphatic rings. The first kappa shape index (κ1) is 19.4. The number of carbonyl (C=O) groups is 2. The molecule has 1 amide bonds. The van der Waals surface area contributed by atoms with Gasteiger partial charge in [-0.05, 0) is 55.3 Å². The number of amides is 1. The number of benzene rings is 2. The van der Waals surface area contributed by atoms with Crippen LogP contribution in [0.1, 0.15) is 18.1 Å². The normalized spacial score (nSPS) is 15.7. The van der Waals surface area contributed by atoms with Gasteiger partial charge in [-0.3, -0.25) is 9.69 Å². The number of methoxy groups -OCH3 is 1. The van der Waals surface area contributed by atoms with Crippen LogP contribution in [0.5, 0.6) is 0 Å². The van der Waals surface area contributed by atoms with Crippen LogP contribution in [0.2, 0.25) is 5.02 Å². The second kappa shape index (κ2) is 7.71. The third-order valence-corrected chi connectivity index (χ3v) is 5.26. The minimum absolute atomic E-state index is 0.249. The van der Waals surface area contributed by atoms with Gasteiger partial charge in [0.25, 0.3) is 5.91 Å². The van der Waals surface area contributed by atoms with Crippen LogP contribution in [0.4, 0.5) is 5.69 Å². The van der Waals surface area contributed by atoms with E-state index in [1.165, 1.54) is 12.0 Å². The Bertz CT molecular complexity index is 1010. The number of hydrogen-bond donors (Lipinski definition) is 0. The van der Waals surface area contributed by atoms with Gasteiger partial charge in [0.1, 0.15) is 0 Å². The van der Waals surface area contributed by atoms with Crippen LogP contribution in [-0.4, -0.2) is 19.0 Å². The van der Waals surface area contributed by atoms with Crippen LogP contribution >= 0.6 is 27.5 Å². The van der Waals surface area contributed by atoms with Crippen molar-refractivity contribution in [1.82, 2.24) is 0 Å². The van der Waals surface area contributed by atoms with Gasteiger partial charge in [-0.1, -0.05) is 45.7 Å². The highest BCUT2D eigenvalue weighted by Gasteiger charge is 2.38. The van der Waals surface area contributed by atoms with Gasteiger partial charge < -0.3 is 4.74 Å². The third-order valence-electron chi connectivity index (χ3n) is 4.36. The first-order valence-corrected chi connectivity index (χ1v) is 9.38. The molecule has 0 unspecified atom stereocenters. The van der Waals surface area contributed by atoms with Crippen LogP contribution in [0.25, 0.3) is 6.08 Å². The van der Waals surface area contributed by atoms with Crippen molar-refractivity contribution < 1.29 is 14.3 Å². The van der Waals surface area contributed by atoms with Gasteiger partial charge in [0.15, 0.2) is 0 Å². The highest BCUT2D eigenvalue weighted by atomic mass is 79.9. The van der Waals surface area contributed by atoms with Crippen LogP contribution in [-0.2, 0) is 14.3 Å². The van der Waals surface area contributed by atoms with Crippen molar-refractivity contribution in [3.63, 3.8) is 0 Å². The monoisotopic (exact) mass is 445 g/mol. The van der Waals surface area contributed by atoms with Crippen molar-refractivity contribution in [2.45, 2.75) is 13.8 Å². The lowest BCUT2D eigenvalue weighted by Crippen LogP contribution is -2.24. The molecule has 27 heavy (non-hydrogen) atoms. The standard InChI is InChI=1S/C21H17BrClNO3/c1-12-7-8-16(11-18(12)23)24-13(2)19(21(26)27-3)17(20(24)25)10-14-5-4-6-15(22)9-14/h4-11H,1-3H3/b17-10-. The predicted molar refractivity (Wildman–Crippen MR) is 111 cm³/mol. The zero-order chi connectivity index (χ0) is 19.7. The van der Waals surface area contributed by atoms with Gasteiger partial charge >= 0.3 is 5.97 Å². The van der Waals surface area contributed by atoms with Crippen molar-refractivity contribution >= 4 is 51.2 Å². The van der Waals surface area contributed by atoms with Gasteiger partial charge in [-0.15, -0.1) is 0 Å². The van der Waals surface area contributed by atoms with E-state index < -0.39 is 5.97 Å². The maximum atomic E-state index is 13.2. The Morgan fingerprint density at radius 1 is 1.19 bits per heavy atom. The number of anilines is 1. The number of rotatable bonds is 3. The summed E-state index contributed by atoms with van der Waals surface area (Å²) in [5, 5.41) is 0.553. The largest absolute Gasteiger partial charge is 0.465 e. The Labute approximate surface area is 171 Å². The molecule has 1 aliphatic heterocycles. The second-order valence-electron chi connectivity index (χ2n) is 6.14. The SMILES string of the molecule is COC(=O)C1=C(C)N(c2ccc(C)c(Cl)c2)C(=O)/C1=C\c1cccc(Br)c1. The summed E-state index contributed by atoms with van der Waals surface area (Å²) in [6.45, 7) is 3.61. The van der Waals surface area contributed by atoms with Crippen molar-refractivity contribution in [1.29, 1.82) is 0 Å². The highest BCUT2D eigenvalue weighted by molar-refractivity contribution is 9.10. The Morgan fingerprint density at radius 2 is 1.93 bits per heavy atom. The average molecular weight is 447 g/mol. The molecule has 0 atom stereocenters. The van der Waals surface area contributed by atoms with Crippen LogP contribution in [0, 0.1) is 6.92 Å². The number of ether oxygens (including phenoxy) is 1. The molecule has 138 valence electrons. The summed E-state index contributed by atoms with van der Waals surface area (Å²) < 4.78 is 5.80. The Morgan fingerprint density at radius 3 is 2.56 bits per heavy atom. The number of esters is 1. The zero-order valence-electron chi connectivity index (χ0n) is 15.0. The first-order valence-electron chi connectivity index (χ1n) is 8.21. The summed E-state index contributed by atoms with van der Waals surface area (Å²) in [6, 6.07) is 12.8. The first-order chi connectivity index (χ1) is 12.8. The Hall–Kier alpha value is -2.37. The number of halogens is 2. The second-order valence-corrected chi connectivity index (χ2v) is 7.46. The van der Waals surface area contributed by atoms with E-state index in [9.17, 15) is 9.59 Å². The topological polar surface area (TPSA) is 46.6 Å². The molecule has 4 nitrogen and oxygen atoms in total. The molecule has 0 spiro atoms. The van der Waals surface area contributed by atoms with Crippen LogP contribution in [0.15, 0.2) is 63.8 Å².